The van der Waals surface area contributed by atoms with Crippen molar-refractivity contribution in [3.05, 3.63) is 11.1 Å². The number of nitrogens with zero attached hydrogens (tertiary/aromatic N) is 2. The summed E-state index contributed by atoms with van der Waals surface area (Å²) >= 11 is 1.10. The van der Waals surface area contributed by atoms with Crippen LogP contribution in [0.3, 0.4) is 0 Å². The summed E-state index contributed by atoms with van der Waals surface area (Å²) in [5.41, 5.74) is -0.348. The predicted octanol–water partition coefficient (Wildman–Crippen LogP) is 1.06. The van der Waals surface area contributed by atoms with E-state index in [1.54, 1.807) is 5.38 Å². The maximum Gasteiger partial charge on any atom is 0.305 e. The average Bonchev–Trinajstić information content (AvgIpc) is 2.86. The van der Waals surface area contributed by atoms with Crippen LogP contribution in [0, 0.1) is 0 Å². The highest BCUT2D eigenvalue weighted by Crippen LogP contribution is 2.32. The molecule has 1 aliphatic carbocycles. The molecule has 1 aliphatic rings. The molecule has 92 valence electrons. The fraction of sp³-hybridized carbons (Fsp3) is 0.600. The molecule has 17 heavy (non-hydrogen) atoms. The molecule has 0 radical (unpaired) electrons. The van der Waals surface area contributed by atoms with Crippen molar-refractivity contribution in [1.82, 2.24) is 14.9 Å². The van der Waals surface area contributed by atoms with Crippen molar-refractivity contribution < 1.29 is 14.7 Å². The number of aliphatic carboxylic acids is 1. The molecule has 0 atom stereocenters. The molecule has 0 unspecified atom stereocenters. The number of carbonyl (C=O) groups excluding carboxylic acids is 1. The predicted molar refractivity (Wildman–Crippen MR) is 60.8 cm³/mol. The SMILES string of the molecule is O=C(O)CC1(NC(=O)c2csnn2)CCCC1. The van der Waals surface area contributed by atoms with Gasteiger partial charge in [-0.1, -0.05) is 17.3 Å². The Bertz CT molecular complexity index is 412. The number of hydrogen-bond donors (Lipinski definition) is 2. The van der Waals surface area contributed by atoms with E-state index in [1.165, 1.54) is 0 Å². The minimum absolute atomic E-state index is 0.0314. The Balaban J connectivity index is 2.08. The molecule has 1 fully saturated rings. The third kappa shape index (κ3) is 2.79. The molecule has 7 heteroatoms. The highest BCUT2D eigenvalue weighted by Gasteiger charge is 2.37. The molecule has 1 aromatic heterocycles. The third-order valence-electron chi connectivity index (χ3n) is 3.02. The van der Waals surface area contributed by atoms with Gasteiger partial charge in [0.2, 0.25) is 0 Å². The number of nitrogens with one attached hydrogen (secondary N) is 1. The van der Waals surface area contributed by atoms with E-state index in [4.69, 9.17) is 5.11 Å². The van der Waals surface area contributed by atoms with E-state index in [0.29, 0.717) is 12.8 Å². The summed E-state index contributed by atoms with van der Waals surface area (Å²) in [5.74, 6) is -1.22. The fourth-order valence-corrected chi connectivity index (χ4v) is 2.69. The number of amides is 1. The smallest absolute Gasteiger partial charge is 0.305 e. The van der Waals surface area contributed by atoms with Crippen LogP contribution in [0.2, 0.25) is 0 Å². The lowest BCUT2D eigenvalue weighted by atomic mass is 9.93. The summed E-state index contributed by atoms with van der Waals surface area (Å²) in [4.78, 5) is 22.7. The number of rotatable bonds is 4. The van der Waals surface area contributed by atoms with E-state index in [1.807, 2.05) is 0 Å². The molecule has 1 heterocycles. The second kappa shape index (κ2) is 4.79. The first-order valence-corrected chi connectivity index (χ1v) is 6.26. The zero-order chi connectivity index (χ0) is 12.3. The van der Waals surface area contributed by atoms with Crippen molar-refractivity contribution in [2.24, 2.45) is 0 Å². The zero-order valence-corrected chi connectivity index (χ0v) is 10.00. The van der Waals surface area contributed by atoms with Crippen LogP contribution in [0.1, 0.15) is 42.6 Å². The molecule has 2 N–H and O–H groups in total. The van der Waals surface area contributed by atoms with Gasteiger partial charge in [0.05, 0.1) is 12.0 Å². The second-order valence-corrected chi connectivity index (χ2v) is 4.91. The van der Waals surface area contributed by atoms with Gasteiger partial charge in [-0.2, -0.15) is 0 Å². The molecule has 0 bridgehead atoms. The van der Waals surface area contributed by atoms with Crippen LogP contribution in [0.4, 0.5) is 0 Å². The molecule has 0 aliphatic heterocycles. The minimum Gasteiger partial charge on any atom is -0.481 e. The van der Waals surface area contributed by atoms with E-state index in [0.717, 1.165) is 24.4 Å². The quantitative estimate of drug-likeness (QED) is 0.839. The van der Waals surface area contributed by atoms with Crippen LogP contribution in [0.25, 0.3) is 0 Å². The van der Waals surface area contributed by atoms with Crippen LogP contribution in [0.15, 0.2) is 5.38 Å². The second-order valence-electron chi connectivity index (χ2n) is 4.30. The van der Waals surface area contributed by atoms with Gasteiger partial charge in [-0.3, -0.25) is 9.59 Å². The van der Waals surface area contributed by atoms with Crippen LogP contribution in [-0.4, -0.2) is 32.1 Å². The van der Waals surface area contributed by atoms with Gasteiger partial charge in [-0.05, 0) is 24.4 Å². The summed E-state index contributed by atoms with van der Waals surface area (Å²) in [7, 11) is 0. The van der Waals surface area contributed by atoms with Gasteiger partial charge in [-0.25, -0.2) is 0 Å². The lowest BCUT2D eigenvalue weighted by molar-refractivity contribution is -0.138. The largest absolute Gasteiger partial charge is 0.481 e. The number of aromatic nitrogens is 2. The Morgan fingerprint density at radius 2 is 2.18 bits per heavy atom. The minimum atomic E-state index is -0.886. The Hall–Kier alpha value is -1.50. The topological polar surface area (TPSA) is 92.2 Å². The normalized spacial score (nSPS) is 17.9. The van der Waals surface area contributed by atoms with Crippen LogP contribution in [-0.2, 0) is 4.79 Å². The van der Waals surface area contributed by atoms with Gasteiger partial charge in [0.1, 0.15) is 0 Å². The van der Waals surface area contributed by atoms with Crippen molar-refractivity contribution in [1.29, 1.82) is 0 Å². The van der Waals surface area contributed by atoms with Crippen molar-refractivity contribution in [3.8, 4) is 0 Å². The van der Waals surface area contributed by atoms with Crippen LogP contribution in [0.5, 0.6) is 0 Å². The molecule has 0 aromatic carbocycles. The number of carboxylic acids is 1. The van der Waals surface area contributed by atoms with Gasteiger partial charge < -0.3 is 10.4 Å². The maximum absolute atomic E-state index is 11.8. The van der Waals surface area contributed by atoms with Gasteiger partial charge in [0.25, 0.3) is 5.91 Å². The summed E-state index contributed by atoms with van der Waals surface area (Å²) in [6, 6.07) is 0. The maximum atomic E-state index is 11.8. The Labute approximate surface area is 102 Å². The highest BCUT2D eigenvalue weighted by atomic mass is 32.1. The van der Waals surface area contributed by atoms with Crippen molar-refractivity contribution in [2.75, 3.05) is 0 Å². The first-order valence-electron chi connectivity index (χ1n) is 5.43. The molecular formula is C10H13N3O3S. The number of hydrogen-bond acceptors (Lipinski definition) is 5. The van der Waals surface area contributed by atoms with E-state index in [-0.39, 0.29) is 18.0 Å². The molecular weight excluding hydrogens is 242 g/mol. The lowest BCUT2D eigenvalue weighted by Gasteiger charge is -2.28. The van der Waals surface area contributed by atoms with E-state index < -0.39 is 11.5 Å². The molecule has 6 nitrogen and oxygen atoms in total. The highest BCUT2D eigenvalue weighted by molar-refractivity contribution is 7.03. The van der Waals surface area contributed by atoms with Crippen molar-refractivity contribution >= 4 is 23.4 Å². The number of carboxylic acid groups (broad SMARTS) is 1. The monoisotopic (exact) mass is 255 g/mol. The zero-order valence-electron chi connectivity index (χ0n) is 9.18. The molecule has 1 aromatic rings. The van der Waals surface area contributed by atoms with Crippen molar-refractivity contribution in [3.63, 3.8) is 0 Å². The summed E-state index contributed by atoms with van der Waals surface area (Å²) in [6.45, 7) is 0. The van der Waals surface area contributed by atoms with E-state index >= 15 is 0 Å². The van der Waals surface area contributed by atoms with Crippen LogP contribution < -0.4 is 5.32 Å². The standard InChI is InChI=1S/C10H13N3O3S/c14-8(15)5-10(3-1-2-4-10)11-9(16)7-6-17-13-12-7/h6H,1-5H2,(H,11,16)(H,14,15). The third-order valence-corrected chi connectivity index (χ3v) is 3.53. The Morgan fingerprint density at radius 1 is 1.47 bits per heavy atom. The summed E-state index contributed by atoms with van der Waals surface area (Å²) in [5, 5.41) is 16.9. The first kappa shape index (κ1) is 12.0. The Morgan fingerprint density at radius 3 is 2.71 bits per heavy atom. The van der Waals surface area contributed by atoms with Gasteiger partial charge in [-0.15, -0.1) is 5.10 Å². The Kier molecular flexibility index (Phi) is 3.37. The van der Waals surface area contributed by atoms with E-state index in [2.05, 4.69) is 14.9 Å². The molecule has 0 saturated heterocycles. The van der Waals surface area contributed by atoms with Gasteiger partial charge in [0.15, 0.2) is 5.69 Å². The molecule has 2 rings (SSSR count). The average molecular weight is 255 g/mol. The van der Waals surface area contributed by atoms with Gasteiger partial charge in [0, 0.05) is 5.38 Å². The number of carbonyl (C=O) groups is 2. The van der Waals surface area contributed by atoms with E-state index in [9.17, 15) is 9.59 Å². The summed E-state index contributed by atoms with van der Waals surface area (Å²) < 4.78 is 3.62. The fourth-order valence-electron chi connectivity index (χ4n) is 2.26. The van der Waals surface area contributed by atoms with Crippen molar-refractivity contribution in [2.45, 2.75) is 37.6 Å². The van der Waals surface area contributed by atoms with Crippen LogP contribution >= 0.6 is 11.5 Å². The lowest BCUT2D eigenvalue weighted by Crippen LogP contribution is -2.47. The van der Waals surface area contributed by atoms with Gasteiger partial charge >= 0.3 is 5.97 Å². The molecule has 1 saturated carbocycles. The summed E-state index contributed by atoms with van der Waals surface area (Å²) in [6.07, 6.45) is 3.28. The molecule has 1 amide bonds. The molecule has 0 spiro atoms. The first-order chi connectivity index (χ1) is 8.11.